The van der Waals surface area contributed by atoms with Crippen LogP contribution in [0.4, 0.5) is 5.95 Å². The molecule has 1 aliphatic heterocycles. The van der Waals surface area contributed by atoms with E-state index in [0.717, 1.165) is 0 Å². The van der Waals surface area contributed by atoms with E-state index in [2.05, 4.69) is 4.98 Å². The summed E-state index contributed by atoms with van der Waals surface area (Å²) in [7, 11) is 0. The van der Waals surface area contributed by atoms with Gasteiger partial charge in [0.05, 0.1) is 12.7 Å². The number of nitrogens with two attached hydrogens (primary N) is 1. The molecule has 18 heavy (non-hydrogen) atoms. The van der Waals surface area contributed by atoms with Crippen molar-refractivity contribution >= 4 is 5.95 Å². The molecule has 1 aromatic heterocycles. The second kappa shape index (κ2) is 5.05. The normalized spacial score (nSPS) is 27.6. The zero-order valence-electron chi connectivity index (χ0n) is 10.1. The number of aliphatic hydroxyl groups excluding tert-OH is 2. The molecule has 1 aliphatic rings. The fraction of sp³-hybridized carbons (Fsp3) is 0.636. The van der Waals surface area contributed by atoms with E-state index in [1.807, 2.05) is 6.92 Å². The summed E-state index contributed by atoms with van der Waals surface area (Å²) in [6, 6.07) is 0. The van der Waals surface area contributed by atoms with Gasteiger partial charge in [-0.05, 0) is 6.42 Å². The van der Waals surface area contributed by atoms with Crippen molar-refractivity contribution in [3.8, 4) is 0 Å². The first kappa shape index (κ1) is 13.0. The maximum Gasteiger partial charge on any atom is 0.277 e. The van der Waals surface area contributed by atoms with Crippen molar-refractivity contribution in [2.24, 2.45) is 0 Å². The smallest absolute Gasteiger partial charge is 0.277 e. The van der Waals surface area contributed by atoms with Crippen LogP contribution >= 0.6 is 0 Å². The van der Waals surface area contributed by atoms with Crippen LogP contribution < -0.4 is 11.3 Å². The molecule has 0 aromatic carbocycles. The molecular weight excluding hydrogens is 238 g/mol. The zero-order valence-corrected chi connectivity index (χ0v) is 10.1. The Morgan fingerprint density at radius 2 is 2.39 bits per heavy atom. The van der Waals surface area contributed by atoms with Gasteiger partial charge in [0.2, 0.25) is 5.95 Å². The summed E-state index contributed by atoms with van der Waals surface area (Å²) < 4.78 is 7.00. The van der Waals surface area contributed by atoms with Gasteiger partial charge in [-0.15, -0.1) is 0 Å². The average molecular weight is 255 g/mol. The SMILES string of the molecule is CCc1cn(C2CC(O)C(CO)O2)c(N)nc1=O. The van der Waals surface area contributed by atoms with Gasteiger partial charge < -0.3 is 20.7 Å². The van der Waals surface area contributed by atoms with E-state index in [1.165, 1.54) is 4.57 Å². The van der Waals surface area contributed by atoms with Gasteiger partial charge >= 0.3 is 0 Å². The highest BCUT2D eigenvalue weighted by molar-refractivity contribution is 5.21. The van der Waals surface area contributed by atoms with Crippen LogP contribution in [0.5, 0.6) is 0 Å². The lowest BCUT2D eigenvalue weighted by Gasteiger charge is -2.17. The minimum Gasteiger partial charge on any atom is -0.394 e. The van der Waals surface area contributed by atoms with Gasteiger partial charge in [0.1, 0.15) is 12.3 Å². The summed E-state index contributed by atoms with van der Waals surface area (Å²) in [5.74, 6) is 0.0491. The van der Waals surface area contributed by atoms with Gasteiger partial charge in [0, 0.05) is 18.2 Å². The first-order valence-corrected chi connectivity index (χ1v) is 5.88. The minimum atomic E-state index is -0.746. The summed E-state index contributed by atoms with van der Waals surface area (Å²) in [5.41, 5.74) is 5.88. The van der Waals surface area contributed by atoms with Crippen LogP contribution in [-0.2, 0) is 11.2 Å². The number of aryl methyl sites for hydroxylation is 1. The predicted molar refractivity (Wildman–Crippen MR) is 63.9 cm³/mol. The summed E-state index contributed by atoms with van der Waals surface area (Å²) in [6.07, 6.45) is 0.578. The van der Waals surface area contributed by atoms with E-state index in [0.29, 0.717) is 18.4 Å². The van der Waals surface area contributed by atoms with E-state index >= 15 is 0 Å². The van der Waals surface area contributed by atoms with Crippen LogP contribution in [0.25, 0.3) is 0 Å². The molecule has 0 aliphatic carbocycles. The Morgan fingerprint density at radius 1 is 1.67 bits per heavy atom. The van der Waals surface area contributed by atoms with Crippen LogP contribution in [0.2, 0.25) is 0 Å². The van der Waals surface area contributed by atoms with E-state index in [4.69, 9.17) is 15.6 Å². The molecule has 0 saturated carbocycles. The summed E-state index contributed by atoms with van der Waals surface area (Å²) in [4.78, 5) is 15.2. The van der Waals surface area contributed by atoms with Crippen molar-refractivity contribution in [3.63, 3.8) is 0 Å². The van der Waals surface area contributed by atoms with Crippen molar-refractivity contribution < 1.29 is 14.9 Å². The number of hydrogen-bond donors (Lipinski definition) is 3. The summed E-state index contributed by atoms with van der Waals surface area (Å²) in [6.45, 7) is 1.59. The number of aromatic nitrogens is 2. The third-order valence-corrected chi connectivity index (χ3v) is 3.13. The highest BCUT2D eigenvalue weighted by atomic mass is 16.5. The van der Waals surface area contributed by atoms with Crippen molar-refractivity contribution in [2.75, 3.05) is 12.3 Å². The van der Waals surface area contributed by atoms with E-state index in [-0.39, 0.29) is 18.1 Å². The van der Waals surface area contributed by atoms with Gasteiger partial charge in [-0.1, -0.05) is 6.92 Å². The Morgan fingerprint density at radius 3 is 2.94 bits per heavy atom. The topological polar surface area (TPSA) is 111 Å². The number of ether oxygens (including phenoxy) is 1. The summed E-state index contributed by atoms with van der Waals surface area (Å²) >= 11 is 0. The molecule has 0 bridgehead atoms. The van der Waals surface area contributed by atoms with E-state index in [9.17, 15) is 9.90 Å². The Labute approximate surface area is 104 Å². The van der Waals surface area contributed by atoms with Gasteiger partial charge in [-0.25, -0.2) is 0 Å². The van der Waals surface area contributed by atoms with Gasteiger partial charge in [0.15, 0.2) is 0 Å². The molecule has 7 heteroatoms. The van der Waals surface area contributed by atoms with Gasteiger partial charge in [-0.3, -0.25) is 9.36 Å². The standard InChI is InChI=1S/C11H17N3O4/c1-2-6-4-14(11(12)13-10(6)17)9-3-7(16)8(5-15)18-9/h4,7-9,15-16H,2-3,5H2,1H3,(H2,12,13,17). The molecular formula is C11H17N3O4. The van der Waals surface area contributed by atoms with Crippen LogP contribution in [-0.4, -0.2) is 38.6 Å². The number of anilines is 1. The molecule has 2 heterocycles. The monoisotopic (exact) mass is 255 g/mol. The number of nitrogen functional groups attached to an aromatic ring is 1. The van der Waals surface area contributed by atoms with E-state index < -0.39 is 18.4 Å². The van der Waals surface area contributed by atoms with E-state index in [1.54, 1.807) is 6.20 Å². The van der Waals surface area contributed by atoms with Crippen molar-refractivity contribution in [1.82, 2.24) is 9.55 Å². The minimum absolute atomic E-state index is 0.0491. The van der Waals surface area contributed by atoms with Crippen LogP contribution in [0.3, 0.4) is 0 Å². The fourth-order valence-corrected chi connectivity index (χ4v) is 2.05. The molecule has 1 saturated heterocycles. The molecule has 0 radical (unpaired) electrons. The third kappa shape index (κ3) is 2.24. The Bertz CT molecular complexity index is 488. The molecule has 4 N–H and O–H groups in total. The second-order valence-corrected chi connectivity index (χ2v) is 4.31. The number of rotatable bonds is 3. The predicted octanol–water partition coefficient (Wildman–Crippen LogP) is -0.971. The lowest BCUT2D eigenvalue weighted by molar-refractivity contribution is -0.0441. The zero-order chi connectivity index (χ0) is 13.3. The maximum atomic E-state index is 11.5. The summed E-state index contributed by atoms with van der Waals surface area (Å²) in [5, 5.41) is 18.7. The highest BCUT2D eigenvalue weighted by Crippen LogP contribution is 2.29. The van der Waals surface area contributed by atoms with Crippen molar-refractivity contribution in [2.45, 2.75) is 38.2 Å². The average Bonchev–Trinajstić information content (AvgIpc) is 2.70. The second-order valence-electron chi connectivity index (χ2n) is 4.31. The van der Waals surface area contributed by atoms with Crippen LogP contribution in [0.15, 0.2) is 11.0 Å². The van der Waals surface area contributed by atoms with Crippen molar-refractivity contribution in [3.05, 3.63) is 22.1 Å². The molecule has 2 rings (SSSR count). The fourth-order valence-electron chi connectivity index (χ4n) is 2.05. The first-order chi connectivity index (χ1) is 8.56. The van der Waals surface area contributed by atoms with Crippen LogP contribution in [0, 0.1) is 0 Å². The molecule has 1 aromatic rings. The largest absolute Gasteiger partial charge is 0.394 e. The quantitative estimate of drug-likeness (QED) is 0.641. The van der Waals surface area contributed by atoms with Crippen LogP contribution in [0.1, 0.15) is 25.1 Å². The molecule has 100 valence electrons. The molecule has 3 atom stereocenters. The Balaban J connectivity index is 2.32. The Kier molecular flexibility index (Phi) is 3.65. The molecule has 0 spiro atoms. The van der Waals surface area contributed by atoms with Gasteiger partial charge in [0.25, 0.3) is 5.56 Å². The van der Waals surface area contributed by atoms with Crippen molar-refractivity contribution in [1.29, 1.82) is 0 Å². The highest BCUT2D eigenvalue weighted by Gasteiger charge is 2.35. The Hall–Kier alpha value is -1.44. The first-order valence-electron chi connectivity index (χ1n) is 5.88. The lowest BCUT2D eigenvalue weighted by Crippen LogP contribution is -2.25. The molecule has 0 amide bonds. The lowest BCUT2D eigenvalue weighted by atomic mass is 10.2. The van der Waals surface area contributed by atoms with Gasteiger partial charge in [-0.2, -0.15) is 4.98 Å². The molecule has 3 unspecified atom stereocenters. The maximum absolute atomic E-state index is 11.5. The third-order valence-electron chi connectivity index (χ3n) is 3.13. The number of nitrogens with zero attached hydrogens (tertiary/aromatic N) is 2. The number of aliphatic hydroxyl groups is 2. The number of hydrogen-bond acceptors (Lipinski definition) is 6. The molecule has 1 fully saturated rings. The molecule has 7 nitrogen and oxygen atoms in total.